The molecule has 3 heteroatoms. The Balaban J connectivity index is 2.54. The van der Waals surface area contributed by atoms with Gasteiger partial charge in [0.25, 0.3) is 0 Å². The lowest BCUT2D eigenvalue weighted by atomic mass is 9.92. The third-order valence-corrected chi connectivity index (χ3v) is 4.01. The third-order valence-electron chi connectivity index (χ3n) is 3.42. The molecule has 2 nitrogen and oxygen atoms in total. The van der Waals surface area contributed by atoms with Crippen molar-refractivity contribution in [3.8, 4) is 0 Å². The second-order valence-corrected chi connectivity index (χ2v) is 5.56. The van der Waals surface area contributed by atoms with Gasteiger partial charge in [-0.3, -0.25) is 4.90 Å². The number of rotatable bonds is 4. The van der Waals surface area contributed by atoms with E-state index >= 15 is 0 Å². The van der Waals surface area contributed by atoms with Gasteiger partial charge in [0, 0.05) is 37.0 Å². The van der Waals surface area contributed by atoms with Gasteiger partial charge in [-0.2, -0.15) is 11.8 Å². The minimum Gasteiger partial charge on any atom is -0.311 e. The Morgan fingerprint density at radius 3 is 2.86 bits per heavy atom. The van der Waals surface area contributed by atoms with E-state index in [0.717, 1.165) is 6.54 Å². The lowest BCUT2D eigenvalue weighted by Gasteiger charge is -2.47. The summed E-state index contributed by atoms with van der Waals surface area (Å²) in [5, 5.41) is 3.58. The maximum Gasteiger partial charge on any atom is 0.0304 e. The lowest BCUT2D eigenvalue weighted by molar-refractivity contribution is 0.0593. The van der Waals surface area contributed by atoms with E-state index in [1.807, 2.05) is 11.8 Å². The molecule has 0 aromatic carbocycles. The first-order valence-corrected chi connectivity index (χ1v) is 6.99. The molecule has 0 amide bonds. The molecular formula is C11H24N2S. The smallest absolute Gasteiger partial charge is 0.0304 e. The van der Waals surface area contributed by atoms with Gasteiger partial charge in [-0.15, -0.1) is 0 Å². The van der Waals surface area contributed by atoms with Gasteiger partial charge in [0.2, 0.25) is 0 Å². The monoisotopic (exact) mass is 216 g/mol. The summed E-state index contributed by atoms with van der Waals surface area (Å²) in [6.45, 7) is 10.5. The Labute approximate surface area is 92.8 Å². The number of hydrogen-bond donors (Lipinski definition) is 1. The van der Waals surface area contributed by atoms with Crippen LogP contribution >= 0.6 is 11.8 Å². The molecule has 1 N–H and O–H groups in total. The van der Waals surface area contributed by atoms with Crippen LogP contribution in [0.5, 0.6) is 0 Å². The summed E-state index contributed by atoms with van der Waals surface area (Å²) < 4.78 is 0. The molecule has 0 aromatic heterocycles. The van der Waals surface area contributed by atoms with Crippen LogP contribution in [0.2, 0.25) is 0 Å². The van der Waals surface area contributed by atoms with Gasteiger partial charge in [-0.25, -0.2) is 0 Å². The number of hydrogen-bond acceptors (Lipinski definition) is 3. The Hall–Kier alpha value is 0.270. The fourth-order valence-corrected chi connectivity index (χ4v) is 2.44. The van der Waals surface area contributed by atoms with Crippen LogP contribution in [0.15, 0.2) is 0 Å². The number of piperazine rings is 1. The Morgan fingerprint density at radius 2 is 2.29 bits per heavy atom. The second-order valence-electron chi connectivity index (χ2n) is 4.57. The molecule has 0 bridgehead atoms. The van der Waals surface area contributed by atoms with Crippen molar-refractivity contribution in [1.82, 2.24) is 10.2 Å². The van der Waals surface area contributed by atoms with Crippen LogP contribution in [-0.2, 0) is 0 Å². The van der Waals surface area contributed by atoms with Crippen molar-refractivity contribution >= 4 is 11.8 Å². The van der Waals surface area contributed by atoms with Crippen molar-refractivity contribution in [2.45, 2.75) is 38.8 Å². The highest BCUT2D eigenvalue weighted by molar-refractivity contribution is 7.98. The summed E-state index contributed by atoms with van der Waals surface area (Å²) in [7, 11) is 0. The molecule has 2 atom stereocenters. The zero-order chi connectivity index (χ0) is 10.6. The summed E-state index contributed by atoms with van der Waals surface area (Å²) in [5.74, 6) is 1.25. The molecule has 1 rings (SSSR count). The van der Waals surface area contributed by atoms with Crippen LogP contribution in [0, 0.1) is 0 Å². The SMILES string of the molecule is CCC1(C)CNC(C)CN1CCSC. The Morgan fingerprint density at radius 1 is 1.57 bits per heavy atom. The minimum absolute atomic E-state index is 0.377. The largest absolute Gasteiger partial charge is 0.311 e. The predicted octanol–water partition coefficient (Wildman–Crippen LogP) is 1.81. The van der Waals surface area contributed by atoms with E-state index in [1.54, 1.807) is 0 Å². The Kier molecular flexibility index (Phi) is 4.74. The predicted molar refractivity (Wildman–Crippen MR) is 66.1 cm³/mol. The summed E-state index contributed by atoms with van der Waals surface area (Å²) in [5.41, 5.74) is 0.377. The molecule has 1 heterocycles. The normalized spacial score (nSPS) is 34.7. The maximum absolute atomic E-state index is 3.58. The van der Waals surface area contributed by atoms with Gasteiger partial charge in [-0.05, 0) is 26.5 Å². The molecule has 1 aliphatic rings. The number of nitrogens with zero attached hydrogens (tertiary/aromatic N) is 1. The van der Waals surface area contributed by atoms with Crippen molar-refractivity contribution in [2.24, 2.45) is 0 Å². The van der Waals surface area contributed by atoms with Gasteiger partial charge in [0.15, 0.2) is 0 Å². The summed E-state index contributed by atoms with van der Waals surface area (Å²) in [4.78, 5) is 2.66. The van der Waals surface area contributed by atoms with Crippen LogP contribution < -0.4 is 5.32 Å². The lowest BCUT2D eigenvalue weighted by Crippen LogP contribution is -2.62. The van der Waals surface area contributed by atoms with Crippen molar-refractivity contribution in [3.05, 3.63) is 0 Å². The first-order valence-electron chi connectivity index (χ1n) is 5.60. The van der Waals surface area contributed by atoms with Crippen molar-refractivity contribution in [2.75, 3.05) is 31.6 Å². The maximum atomic E-state index is 3.58. The highest BCUT2D eigenvalue weighted by Crippen LogP contribution is 2.22. The Bertz CT molecular complexity index is 175. The molecule has 1 aliphatic heterocycles. The molecule has 0 radical (unpaired) electrons. The molecule has 14 heavy (non-hydrogen) atoms. The van der Waals surface area contributed by atoms with E-state index in [4.69, 9.17) is 0 Å². The van der Waals surface area contributed by atoms with Gasteiger partial charge >= 0.3 is 0 Å². The van der Waals surface area contributed by atoms with Gasteiger partial charge in [-0.1, -0.05) is 6.92 Å². The summed E-state index contributed by atoms with van der Waals surface area (Å²) in [6.07, 6.45) is 3.43. The standard InChI is InChI=1S/C11H24N2S/c1-5-11(3)9-12-10(2)8-13(11)6-7-14-4/h10,12H,5-9H2,1-4H3. The minimum atomic E-state index is 0.377. The third kappa shape index (κ3) is 2.88. The molecule has 0 aliphatic carbocycles. The summed E-state index contributed by atoms with van der Waals surface area (Å²) >= 11 is 1.95. The highest BCUT2D eigenvalue weighted by atomic mass is 32.2. The van der Waals surface area contributed by atoms with Crippen LogP contribution in [0.1, 0.15) is 27.2 Å². The molecular weight excluding hydrogens is 192 g/mol. The fourth-order valence-electron chi connectivity index (χ4n) is 2.03. The number of nitrogens with one attached hydrogen (secondary N) is 1. The molecule has 0 spiro atoms. The molecule has 0 saturated carbocycles. The van der Waals surface area contributed by atoms with Gasteiger partial charge in [0.1, 0.15) is 0 Å². The molecule has 2 unspecified atom stereocenters. The zero-order valence-electron chi connectivity index (χ0n) is 9.97. The second kappa shape index (κ2) is 5.38. The zero-order valence-corrected chi connectivity index (χ0v) is 10.8. The topological polar surface area (TPSA) is 15.3 Å². The van der Waals surface area contributed by atoms with E-state index in [0.29, 0.717) is 11.6 Å². The van der Waals surface area contributed by atoms with E-state index in [2.05, 4.69) is 37.2 Å². The van der Waals surface area contributed by atoms with E-state index < -0.39 is 0 Å². The van der Waals surface area contributed by atoms with E-state index in [-0.39, 0.29) is 0 Å². The average molecular weight is 216 g/mol. The summed E-state index contributed by atoms with van der Waals surface area (Å²) in [6, 6.07) is 0.650. The van der Waals surface area contributed by atoms with Crippen LogP contribution in [0.25, 0.3) is 0 Å². The number of thioether (sulfide) groups is 1. The van der Waals surface area contributed by atoms with E-state index in [1.165, 1.54) is 25.3 Å². The first kappa shape index (κ1) is 12.3. The molecule has 84 valence electrons. The highest BCUT2D eigenvalue weighted by Gasteiger charge is 2.34. The fraction of sp³-hybridized carbons (Fsp3) is 1.00. The molecule has 1 fully saturated rings. The average Bonchev–Trinajstić information content (AvgIpc) is 2.20. The van der Waals surface area contributed by atoms with Crippen LogP contribution in [0.3, 0.4) is 0 Å². The van der Waals surface area contributed by atoms with E-state index in [9.17, 15) is 0 Å². The van der Waals surface area contributed by atoms with Crippen molar-refractivity contribution < 1.29 is 0 Å². The van der Waals surface area contributed by atoms with Crippen LogP contribution in [0.4, 0.5) is 0 Å². The van der Waals surface area contributed by atoms with Crippen LogP contribution in [-0.4, -0.2) is 48.1 Å². The molecule has 1 saturated heterocycles. The molecule has 0 aromatic rings. The first-order chi connectivity index (χ1) is 6.62. The quantitative estimate of drug-likeness (QED) is 0.771. The van der Waals surface area contributed by atoms with Gasteiger partial charge < -0.3 is 5.32 Å². The van der Waals surface area contributed by atoms with Gasteiger partial charge in [0.05, 0.1) is 0 Å². The van der Waals surface area contributed by atoms with Crippen molar-refractivity contribution in [3.63, 3.8) is 0 Å². The van der Waals surface area contributed by atoms with Crippen molar-refractivity contribution in [1.29, 1.82) is 0 Å².